The number of halogens is 1. The van der Waals surface area contributed by atoms with Crippen LogP contribution in [0.4, 0.5) is 0 Å². The zero-order valence-electron chi connectivity index (χ0n) is 11.5. The molecule has 1 aliphatic carbocycles. The zero-order valence-corrected chi connectivity index (χ0v) is 12.3. The molecule has 1 saturated carbocycles. The molecule has 0 spiro atoms. The zero-order chi connectivity index (χ0) is 13.5. The fraction of sp³-hybridized carbons (Fsp3) is 0.500. The van der Waals surface area contributed by atoms with Crippen molar-refractivity contribution in [3.05, 3.63) is 35.0 Å². The molecule has 1 unspecified atom stereocenters. The van der Waals surface area contributed by atoms with Crippen LogP contribution in [-0.4, -0.2) is 6.54 Å². The molecule has 1 aromatic heterocycles. The molecular weight excluding hydrogens is 258 g/mol. The molecule has 19 heavy (non-hydrogen) atoms. The van der Waals surface area contributed by atoms with E-state index in [0.717, 1.165) is 34.7 Å². The van der Waals surface area contributed by atoms with Gasteiger partial charge in [0.2, 0.25) is 0 Å². The lowest BCUT2D eigenvalue weighted by atomic mass is 9.96. The maximum absolute atomic E-state index is 6.04. The molecule has 3 rings (SSSR count). The first-order valence-electron chi connectivity index (χ1n) is 7.05. The summed E-state index contributed by atoms with van der Waals surface area (Å²) < 4.78 is 6.03. The molecule has 1 heterocycles. The monoisotopic (exact) mass is 277 g/mol. The van der Waals surface area contributed by atoms with Gasteiger partial charge in [-0.25, -0.2) is 0 Å². The van der Waals surface area contributed by atoms with Gasteiger partial charge in [0, 0.05) is 10.4 Å². The van der Waals surface area contributed by atoms with Gasteiger partial charge in [0.05, 0.1) is 6.04 Å². The van der Waals surface area contributed by atoms with E-state index in [2.05, 4.69) is 25.2 Å². The topological polar surface area (TPSA) is 25.2 Å². The lowest BCUT2D eigenvalue weighted by Gasteiger charge is -2.22. The lowest BCUT2D eigenvalue weighted by molar-refractivity contribution is 0.316. The Hall–Kier alpha value is -0.990. The summed E-state index contributed by atoms with van der Waals surface area (Å²) in [7, 11) is 0. The molecular formula is C16H20ClNO. The maximum atomic E-state index is 6.04. The van der Waals surface area contributed by atoms with Crippen molar-refractivity contribution in [3.8, 4) is 0 Å². The number of furan rings is 1. The maximum Gasteiger partial charge on any atom is 0.134 e. The van der Waals surface area contributed by atoms with E-state index in [9.17, 15) is 0 Å². The van der Waals surface area contributed by atoms with Crippen molar-refractivity contribution in [1.82, 2.24) is 5.32 Å². The molecule has 0 amide bonds. The largest absolute Gasteiger partial charge is 0.459 e. The third kappa shape index (κ3) is 2.52. The van der Waals surface area contributed by atoms with E-state index in [0.29, 0.717) is 11.5 Å². The van der Waals surface area contributed by atoms with Gasteiger partial charge in [-0.2, -0.15) is 0 Å². The van der Waals surface area contributed by atoms with Crippen LogP contribution >= 0.6 is 11.6 Å². The predicted molar refractivity (Wildman–Crippen MR) is 79.6 cm³/mol. The van der Waals surface area contributed by atoms with Crippen LogP contribution in [0.2, 0.25) is 5.02 Å². The van der Waals surface area contributed by atoms with E-state index in [1.807, 2.05) is 18.2 Å². The predicted octanol–water partition coefficient (Wildman–Crippen LogP) is 4.93. The Labute approximate surface area is 119 Å². The summed E-state index contributed by atoms with van der Waals surface area (Å²) in [5.41, 5.74) is 1.28. The van der Waals surface area contributed by atoms with Crippen LogP contribution in [0.15, 0.2) is 28.7 Å². The Kier molecular flexibility index (Phi) is 3.32. The van der Waals surface area contributed by atoms with Crippen LogP contribution < -0.4 is 5.32 Å². The van der Waals surface area contributed by atoms with Crippen LogP contribution in [0.3, 0.4) is 0 Å². The van der Waals surface area contributed by atoms with E-state index in [-0.39, 0.29) is 0 Å². The summed E-state index contributed by atoms with van der Waals surface area (Å²) in [5, 5.41) is 5.49. The van der Waals surface area contributed by atoms with E-state index < -0.39 is 0 Å². The van der Waals surface area contributed by atoms with Gasteiger partial charge in [0.15, 0.2) is 0 Å². The molecule has 0 bridgehead atoms. The van der Waals surface area contributed by atoms with E-state index in [4.69, 9.17) is 16.0 Å². The molecule has 1 aliphatic rings. The first kappa shape index (κ1) is 13.0. The fourth-order valence-electron chi connectivity index (χ4n) is 2.64. The summed E-state index contributed by atoms with van der Waals surface area (Å²) in [6, 6.07) is 8.25. The van der Waals surface area contributed by atoms with Gasteiger partial charge in [-0.05, 0) is 55.5 Å². The highest BCUT2D eigenvalue weighted by atomic mass is 35.5. The molecule has 0 aliphatic heterocycles. The van der Waals surface area contributed by atoms with Gasteiger partial charge in [-0.3, -0.25) is 0 Å². The normalized spacial score (nSPS) is 18.7. The highest BCUT2D eigenvalue weighted by Crippen LogP contribution is 2.54. The highest BCUT2D eigenvalue weighted by molar-refractivity contribution is 6.31. The first-order valence-corrected chi connectivity index (χ1v) is 7.42. The van der Waals surface area contributed by atoms with Crippen LogP contribution in [0, 0.1) is 5.41 Å². The Bertz CT molecular complexity index is 585. The molecule has 2 aromatic rings. The number of fused-ring (bicyclic) bond motifs is 1. The van der Waals surface area contributed by atoms with E-state index >= 15 is 0 Å². The lowest BCUT2D eigenvalue weighted by Crippen LogP contribution is -2.28. The number of benzene rings is 1. The van der Waals surface area contributed by atoms with E-state index in [1.165, 1.54) is 12.8 Å². The standard InChI is InChI=1S/C16H20ClNO/c1-3-8-18-15(16(2)6-7-16)14-10-11-9-12(17)4-5-13(11)19-14/h4-5,9-10,15,18H,3,6-8H2,1-2H3. The summed E-state index contributed by atoms with van der Waals surface area (Å²) in [4.78, 5) is 0. The summed E-state index contributed by atoms with van der Waals surface area (Å²) in [5.74, 6) is 1.05. The van der Waals surface area contributed by atoms with Crippen molar-refractivity contribution in [2.24, 2.45) is 5.41 Å². The van der Waals surface area contributed by atoms with Crippen LogP contribution in [0.1, 0.15) is 44.9 Å². The molecule has 1 aromatic carbocycles. The number of rotatable bonds is 5. The second-order valence-electron chi connectivity index (χ2n) is 5.87. The van der Waals surface area contributed by atoms with Crippen molar-refractivity contribution in [2.75, 3.05) is 6.54 Å². The van der Waals surface area contributed by atoms with E-state index in [1.54, 1.807) is 0 Å². The number of hydrogen-bond donors (Lipinski definition) is 1. The second kappa shape index (κ2) is 4.84. The van der Waals surface area contributed by atoms with Crippen molar-refractivity contribution in [2.45, 2.75) is 39.2 Å². The van der Waals surface area contributed by atoms with Crippen LogP contribution in [0.5, 0.6) is 0 Å². The average molecular weight is 278 g/mol. The molecule has 3 heteroatoms. The summed E-state index contributed by atoms with van der Waals surface area (Å²) in [6.45, 7) is 5.55. The first-order chi connectivity index (χ1) is 9.12. The Morgan fingerprint density at radius 2 is 2.16 bits per heavy atom. The van der Waals surface area contributed by atoms with Gasteiger partial charge >= 0.3 is 0 Å². The minimum absolute atomic E-state index is 0.318. The summed E-state index contributed by atoms with van der Waals surface area (Å²) >= 11 is 6.04. The van der Waals surface area contributed by atoms with Crippen molar-refractivity contribution in [1.29, 1.82) is 0 Å². The summed E-state index contributed by atoms with van der Waals surface area (Å²) in [6.07, 6.45) is 3.68. The molecule has 102 valence electrons. The Morgan fingerprint density at radius 1 is 1.37 bits per heavy atom. The van der Waals surface area contributed by atoms with Crippen LogP contribution in [0.25, 0.3) is 11.0 Å². The van der Waals surface area contributed by atoms with Crippen molar-refractivity contribution in [3.63, 3.8) is 0 Å². The van der Waals surface area contributed by atoms with Gasteiger partial charge in [-0.15, -0.1) is 0 Å². The molecule has 1 atom stereocenters. The smallest absolute Gasteiger partial charge is 0.134 e. The van der Waals surface area contributed by atoms with Gasteiger partial charge < -0.3 is 9.73 Å². The number of hydrogen-bond acceptors (Lipinski definition) is 2. The molecule has 2 nitrogen and oxygen atoms in total. The SMILES string of the molecule is CCCNC(c1cc2cc(Cl)ccc2o1)C1(C)CC1. The molecule has 1 N–H and O–H groups in total. The molecule has 0 radical (unpaired) electrons. The minimum Gasteiger partial charge on any atom is -0.459 e. The second-order valence-corrected chi connectivity index (χ2v) is 6.31. The van der Waals surface area contributed by atoms with Crippen molar-refractivity contribution < 1.29 is 4.42 Å². The van der Waals surface area contributed by atoms with Gasteiger partial charge in [0.1, 0.15) is 11.3 Å². The average Bonchev–Trinajstić information content (AvgIpc) is 2.98. The number of nitrogens with one attached hydrogen (secondary N) is 1. The highest BCUT2D eigenvalue weighted by Gasteiger charge is 2.46. The molecule has 0 saturated heterocycles. The van der Waals surface area contributed by atoms with Crippen LogP contribution in [-0.2, 0) is 0 Å². The quantitative estimate of drug-likeness (QED) is 0.838. The Morgan fingerprint density at radius 3 is 2.84 bits per heavy atom. The third-order valence-corrected chi connectivity index (χ3v) is 4.35. The Balaban J connectivity index is 1.95. The van der Waals surface area contributed by atoms with Gasteiger partial charge in [0.25, 0.3) is 0 Å². The fourth-order valence-corrected chi connectivity index (χ4v) is 2.82. The van der Waals surface area contributed by atoms with Gasteiger partial charge in [-0.1, -0.05) is 25.4 Å². The minimum atomic E-state index is 0.318. The third-order valence-electron chi connectivity index (χ3n) is 4.12. The molecule has 1 fully saturated rings. The van der Waals surface area contributed by atoms with Crippen molar-refractivity contribution >= 4 is 22.6 Å².